The van der Waals surface area contributed by atoms with Crippen molar-refractivity contribution in [1.29, 1.82) is 0 Å². The summed E-state index contributed by atoms with van der Waals surface area (Å²) < 4.78 is 15.7. The number of benzene rings is 9. The van der Waals surface area contributed by atoms with Gasteiger partial charge in [0.05, 0.1) is 11.0 Å². The quantitative estimate of drug-likeness (QED) is 0.171. The summed E-state index contributed by atoms with van der Waals surface area (Å²) in [7, 11) is 0. The van der Waals surface area contributed by atoms with E-state index in [2.05, 4.69) is 180 Å². The van der Waals surface area contributed by atoms with E-state index in [9.17, 15) is 0 Å². The molecular formula is C52H31NO2. The van der Waals surface area contributed by atoms with E-state index in [4.69, 9.17) is 8.83 Å². The van der Waals surface area contributed by atoms with Crippen molar-refractivity contribution in [3.63, 3.8) is 0 Å². The predicted molar refractivity (Wildman–Crippen MR) is 229 cm³/mol. The topological polar surface area (TPSA) is 31.2 Å². The van der Waals surface area contributed by atoms with Crippen molar-refractivity contribution < 1.29 is 8.83 Å². The number of aromatic nitrogens is 1. The van der Waals surface area contributed by atoms with Gasteiger partial charge >= 0.3 is 0 Å². The zero-order valence-corrected chi connectivity index (χ0v) is 29.7. The lowest BCUT2D eigenvalue weighted by Gasteiger charge is -2.19. The predicted octanol–water partition coefficient (Wildman–Crippen LogP) is 14.7. The lowest BCUT2D eigenvalue weighted by molar-refractivity contribution is 0.628. The van der Waals surface area contributed by atoms with Crippen molar-refractivity contribution in [2.75, 3.05) is 0 Å². The minimum Gasteiger partial charge on any atom is -0.456 e. The third-order valence-electron chi connectivity index (χ3n) is 11.4. The third kappa shape index (κ3) is 4.32. The van der Waals surface area contributed by atoms with Crippen LogP contribution in [-0.2, 0) is 0 Å². The second-order valence-electron chi connectivity index (χ2n) is 14.3. The van der Waals surface area contributed by atoms with Gasteiger partial charge in [-0.2, -0.15) is 0 Å². The molecule has 3 aromatic heterocycles. The van der Waals surface area contributed by atoms with Crippen LogP contribution in [0.2, 0.25) is 0 Å². The van der Waals surface area contributed by atoms with Gasteiger partial charge in [0.1, 0.15) is 22.5 Å². The highest BCUT2D eigenvalue weighted by Crippen LogP contribution is 2.51. The summed E-state index contributed by atoms with van der Waals surface area (Å²) in [5.41, 5.74) is 11.8. The fraction of sp³-hybridized carbons (Fsp3) is 0. The molecule has 0 fully saturated rings. The van der Waals surface area contributed by atoms with Gasteiger partial charge in [0, 0.05) is 49.8 Å². The Morgan fingerprint density at radius 2 is 0.909 bits per heavy atom. The van der Waals surface area contributed by atoms with Crippen LogP contribution in [0.1, 0.15) is 0 Å². The van der Waals surface area contributed by atoms with Crippen molar-refractivity contribution in [3.05, 3.63) is 188 Å². The van der Waals surface area contributed by atoms with Crippen LogP contribution in [-0.4, -0.2) is 4.57 Å². The summed E-state index contributed by atoms with van der Waals surface area (Å²) in [5, 5.41) is 10.5. The first kappa shape index (κ1) is 30.1. The highest BCUT2D eigenvalue weighted by molar-refractivity contribution is 6.31. The van der Waals surface area contributed by atoms with Crippen molar-refractivity contribution in [3.8, 4) is 39.3 Å². The Morgan fingerprint density at radius 3 is 1.64 bits per heavy atom. The molecule has 0 atom stereocenters. The monoisotopic (exact) mass is 701 g/mol. The molecule has 0 aliphatic carbocycles. The molecule has 256 valence electrons. The summed E-state index contributed by atoms with van der Waals surface area (Å²) in [6, 6.07) is 67.2. The standard InChI is InChI=1S/C52H31NO2/c1-3-16-32(17-4-1)45-30-41-46(55-45)31-47-51(39-25-12-14-29-44(39)54-47)52(41)50-36-22-9-7-20-34(36)48(35-21-8-10-23-37(35)50)40-26-15-28-43-49(40)38-24-11-13-27-42(38)53(43)33-18-5-2-6-19-33/h1-31H. The maximum atomic E-state index is 6.70. The fourth-order valence-corrected chi connectivity index (χ4v) is 9.16. The van der Waals surface area contributed by atoms with Gasteiger partial charge < -0.3 is 13.4 Å². The lowest BCUT2D eigenvalue weighted by Crippen LogP contribution is -1.94. The smallest absolute Gasteiger partial charge is 0.139 e. The molecule has 0 radical (unpaired) electrons. The molecule has 0 bridgehead atoms. The molecule has 0 spiro atoms. The molecule has 3 heteroatoms. The fourth-order valence-electron chi connectivity index (χ4n) is 9.16. The molecule has 9 aromatic carbocycles. The third-order valence-corrected chi connectivity index (χ3v) is 11.4. The SMILES string of the molecule is c1ccc(-c2cc3c(-c4c5ccccc5c(-c5cccc6c5c5ccccc5n6-c5ccccc5)c5ccccc45)c4c(cc3o2)oc2ccccc24)cc1. The van der Waals surface area contributed by atoms with Crippen molar-refractivity contribution in [2.45, 2.75) is 0 Å². The van der Waals surface area contributed by atoms with E-state index in [1.165, 1.54) is 60.0 Å². The van der Waals surface area contributed by atoms with Crippen LogP contribution in [0.5, 0.6) is 0 Å². The van der Waals surface area contributed by atoms with E-state index in [1.54, 1.807) is 0 Å². The van der Waals surface area contributed by atoms with Crippen LogP contribution < -0.4 is 0 Å². The first-order chi connectivity index (χ1) is 27.3. The molecule has 55 heavy (non-hydrogen) atoms. The van der Waals surface area contributed by atoms with Crippen LogP contribution in [0.25, 0.3) is 116 Å². The Labute approximate surface area is 315 Å². The molecule has 0 saturated heterocycles. The summed E-state index contributed by atoms with van der Waals surface area (Å²) >= 11 is 0. The van der Waals surface area contributed by atoms with Gasteiger partial charge in [0.15, 0.2) is 0 Å². The molecule has 0 aliphatic rings. The van der Waals surface area contributed by atoms with Crippen LogP contribution in [0.4, 0.5) is 0 Å². The van der Waals surface area contributed by atoms with Crippen LogP contribution >= 0.6 is 0 Å². The molecule has 0 aliphatic heterocycles. The molecule has 3 heterocycles. The first-order valence-electron chi connectivity index (χ1n) is 18.8. The Hall–Kier alpha value is -7.36. The number of furan rings is 2. The zero-order valence-electron chi connectivity index (χ0n) is 29.7. The maximum absolute atomic E-state index is 6.70. The second kappa shape index (κ2) is 11.6. The average Bonchev–Trinajstić information content (AvgIpc) is 3.95. The summed E-state index contributed by atoms with van der Waals surface area (Å²) in [4.78, 5) is 0. The lowest BCUT2D eigenvalue weighted by atomic mass is 9.83. The van der Waals surface area contributed by atoms with Crippen molar-refractivity contribution >= 4 is 76.3 Å². The Bertz CT molecular complexity index is 3420. The van der Waals surface area contributed by atoms with E-state index in [0.29, 0.717) is 0 Å². The number of rotatable bonds is 4. The van der Waals surface area contributed by atoms with Gasteiger partial charge in [0.2, 0.25) is 0 Å². The minimum absolute atomic E-state index is 0.802. The number of para-hydroxylation sites is 3. The molecule has 0 saturated carbocycles. The molecular weight excluding hydrogens is 671 g/mol. The van der Waals surface area contributed by atoms with E-state index in [1.807, 2.05) is 12.1 Å². The second-order valence-corrected chi connectivity index (χ2v) is 14.3. The van der Waals surface area contributed by atoms with Gasteiger partial charge in [-0.25, -0.2) is 0 Å². The summed E-state index contributed by atoms with van der Waals surface area (Å²) in [6.07, 6.45) is 0. The van der Waals surface area contributed by atoms with E-state index in [-0.39, 0.29) is 0 Å². The minimum atomic E-state index is 0.802. The molecule has 0 amide bonds. The van der Waals surface area contributed by atoms with Gasteiger partial charge in [-0.3, -0.25) is 0 Å². The van der Waals surface area contributed by atoms with Gasteiger partial charge in [0.25, 0.3) is 0 Å². The number of fused-ring (bicyclic) bond motifs is 9. The maximum Gasteiger partial charge on any atom is 0.139 e. The Balaban J connectivity index is 1.25. The van der Waals surface area contributed by atoms with Crippen molar-refractivity contribution in [2.24, 2.45) is 0 Å². The van der Waals surface area contributed by atoms with E-state index >= 15 is 0 Å². The van der Waals surface area contributed by atoms with Gasteiger partial charge in [-0.1, -0.05) is 146 Å². The molecule has 0 N–H and O–H groups in total. The number of hydrogen-bond donors (Lipinski definition) is 0. The Kier molecular flexibility index (Phi) is 6.34. The van der Waals surface area contributed by atoms with Crippen LogP contribution in [0, 0.1) is 0 Å². The van der Waals surface area contributed by atoms with Gasteiger partial charge in [-0.05, 0) is 74.6 Å². The number of hydrogen-bond acceptors (Lipinski definition) is 2. The summed E-state index contributed by atoms with van der Waals surface area (Å²) in [5.74, 6) is 0.834. The largest absolute Gasteiger partial charge is 0.456 e. The number of nitrogens with zero attached hydrogens (tertiary/aromatic N) is 1. The zero-order chi connectivity index (χ0) is 36.0. The first-order valence-corrected chi connectivity index (χ1v) is 18.8. The van der Waals surface area contributed by atoms with E-state index in [0.717, 1.165) is 55.5 Å². The average molecular weight is 702 g/mol. The van der Waals surface area contributed by atoms with Crippen molar-refractivity contribution in [1.82, 2.24) is 4.57 Å². The normalized spacial score (nSPS) is 12.0. The van der Waals surface area contributed by atoms with Crippen LogP contribution in [0.15, 0.2) is 197 Å². The van der Waals surface area contributed by atoms with Crippen LogP contribution in [0.3, 0.4) is 0 Å². The molecule has 12 rings (SSSR count). The molecule has 0 unspecified atom stereocenters. The highest BCUT2D eigenvalue weighted by atomic mass is 16.3. The summed E-state index contributed by atoms with van der Waals surface area (Å²) in [6.45, 7) is 0. The van der Waals surface area contributed by atoms with E-state index < -0.39 is 0 Å². The highest BCUT2D eigenvalue weighted by Gasteiger charge is 2.26. The molecule has 12 aromatic rings. The Morgan fingerprint density at radius 1 is 0.327 bits per heavy atom. The van der Waals surface area contributed by atoms with Gasteiger partial charge in [-0.15, -0.1) is 0 Å². The molecule has 3 nitrogen and oxygen atoms in total.